The van der Waals surface area contributed by atoms with E-state index in [4.69, 9.17) is 4.74 Å². The lowest BCUT2D eigenvalue weighted by atomic mass is 10.0. The van der Waals surface area contributed by atoms with E-state index in [1.54, 1.807) is 0 Å². The van der Waals surface area contributed by atoms with Gasteiger partial charge in [-0.25, -0.2) is 4.79 Å². The second kappa shape index (κ2) is 8.52. The predicted octanol–water partition coefficient (Wildman–Crippen LogP) is 5.26. The molecule has 0 spiro atoms. The van der Waals surface area contributed by atoms with Crippen LogP contribution < -0.4 is 4.74 Å². The van der Waals surface area contributed by atoms with Gasteiger partial charge in [0.15, 0.2) is 6.10 Å². The van der Waals surface area contributed by atoms with Crippen LogP contribution in [-0.2, 0) is 17.6 Å². The number of carbonyl (C=O) groups is 1. The first-order chi connectivity index (χ1) is 12.7. The summed E-state index contributed by atoms with van der Waals surface area (Å²) in [6.45, 7) is 2.18. The fraction of sp³-hybridized carbons (Fsp3) is 0.261. The molecule has 3 rings (SSSR count). The summed E-state index contributed by atoms with van der Waals surface area (Å²) < 4.78 is 5.78. The lowest BCUT2D eigenvalue weighted by Crippen LogP contribution is -2.29. The van der Waals surface area contributed by atoms with Crippen LogP contribution in [0.15, 0.2) is 66.7 Å². The number of aryl methyl sites for hydroxylation is 1. The van der Waals surface area contributed by atoms with Crippen molar-refractivity contribution < 1.29 is 14.6 Å². The number of fused-ring (bicyclic) bond motifs is 1. The molecule has 1 atom stereocenters. The van der Waals surface area contributed by atoms with Gasteiger partial charge in [-0.2, -0.15) is 0 Å². The van der Waals surface area contributed by atoms with Crippen molar-refractivity contribution in [1.29, 1.82) is 0 Å². The van der Waals surface area contributed by atoms with Crippen LogP contribution in [0.1, 0.15) is 30.9 Å². The van der Waals surface area contributed by atoms with Gasteiger partial charge in [-0.1, -0.05) is 67.9 Å². The molecule has 0 aliphatic rings. The highest BCUT2D eigenvalue weighted by Crippen LogP contribution is 2.22. The normalized spacial score (nSPS) is 12.0. The van der Waals surface area contributed by atoms with E-state index in [1.807, 2.05) is 54.6 Å². The monoisotopic (exact) mass is 348 g/mol. The maximum absolute atomic E-state index is 11.7. The Bertz CT molecular complexity index is 868. The van der Waals surface area contributed by atoms with Gasteiger partial charge in [0.2, 0.25) is 0 Å². The van der Waals surface area contributed by atoms with Crippen molar-refractivity contribution in [3.8, 4) is 5.75 Å². The molecule has 3 aromatic rings. The van der Waals surface area contributed by atoms with Gasteiger partial charge in [0, 0.05) is 6.42 Å². The Hall–Kier alpha value is -2.81. The van der Waals surface area contributed by atoms with Gasteiger partial charge >= 0.3 is 5.97 Å². The van der Waals surface area contributed by atoms with Crippen LogP contribution in [0.2, 0.25) is 0 Å². The smallest absolute Gasteiger partial charge is 0.345 e. The highest BCUT2D eigenvalue weighted by molar-refractivity contribution is 5.84. The summed E-state index contributed by atoms with van der Waals surface area (Å²) in [5.74, 6) is -0.371. The molecule has 0 unspecified atom stereocenters. The molecule has 1 N–H and O–H groups in total. The molecule has 0 bridgehead atoms. The number of ether oxygens (including phenoxy) is 1. The van der Waals surface area contributed by atoms with E-state index in [0.29, 0.717) is 12.2 Å². The molecular formula is C23H24O3. The molecule has 134 valence electrons. The Morgan fingerprint density at radius 3 is 2.35 bits per heavy atom. The average Bonchev–Trinajstić information content (AvgIpc) is 2.66. The molecule has 0 amide bonds. The fourth-order valence-electron chi connectivity index (χ4n) is 3.02. The highest BCUT2D eigenvalue weighted by Gasteiger charge is 2.20. The molecule has 0 aliphatic carbocycles. The second-order valence-electron chi connectivity index (χ2n) is 6.58. The van der Waals surface area contributed by atoms with E-state index in [1.165, 1.54) is 18.4 Å². The lowest BCUT2D eigenvalue weighted by molar-refractivity contribution is -0.145. The molecule has 26 heavy (non-hydrogen) atoms. The van der Waals surface area contributed by atoms with Crippen molar-refractivity contribution in [2.45, 2.75) is 38.7 Å². The van der Waals surface area contributed by atoms with Crippen LogP contribution in [0.3, 0.4) is 0 Å². The molecule has 3 heteroatoms. The summed E-state index contributed by atoms with van der Waals surface area (Å²) in [5, 5.41) is 11.7. The van der Waals surface area contributed by atoms with Gasteiger partial charge in [-0.3, -0.25) is 0 Å². The van der Waals surface area contributed by atoms with Crippen LogP contribution in [-0.4, -0.2) is 17.2 Å². The van der Waals surface area contributed by atoms with Crippen LogP contribution in [0, 0.1) is 0 Å². The predicted molar refractivity (Wildman–Crippen MR) is 105 cm³/mol. The van der Waals surface area contributed by atoms with Crippen molar-refractivity contribution in [3.63, 3.8) is 0 Å². The third kappa shape index (κ3) is 4.63. The zero-order valence-electron chi connectivity index (χ0n) is 15.0. The summed E-state index contributed by atoms with van der Waals surface area (Å²) >= 11 is 0. The molecule has 3 nitrogen and oxygen atoms in total. The number of benzene rings is 3. The van der Waals surface area contributed by atoms with Gasteiger partial charge in [0.05, 0.1) is 0 Å². The molecule has 0 saturated heterocycles. The number of hydrogen-bond acceptors (Lipinski definition) is 2. The third-order valence-electron chi connectivity index (χ3n) is 4.54. The maximum atomic E-state index is 11.7. The minimum absolute atomic E-state index is 0.343. The number of carboxylic acid groups (broad SMARTS) is 1. The summed E-state index contributed by atoms with van der Waals surface area (Å²) in [4.78, 5) is 11.7. The summed E-state index contributed by atoms with van der Waals surface area (Å²) in [6, 6.07) is 21.8. The SMILES string of the molecule is CCCCc1ccc(C[C@H](Oc2ccc3ccccc3c2)C(=O)O)cc1. The van der Waals surface area contributed by atoms with Crippen LogP contribution in [0.5, 0.6) is 5.75 Å². The van der Waals surface area contributed by atoms with Crippen molar-refractivity contribution in [2.24, 2.45) is 0 Å². The first-order valence-electron chi connectivity index (χ1n) is 9.12. The first-order valence-corrected chi connectivity index (χ1v) is 9.12. The van der Waals surface area contributed by atoms with Crippen molar-refractivity contribution >= 4 is 16.7 Å². The average molecular weight is 348 g/mol. The van der Waals surface area contributed by atoms with Gasteiger partial charge in [-0.15, -0.1) is 0 Å². The van der Waals surface area contributed by atoms with Gasteiger partial charge < -0.3 is 9.84 Å². The van der Waals surface area contributed by atoms with E-state index in [-0.39, 0.29) is 0 Å². The van der Waals surface area contributed by atoms with Crippen LogP contribution >= 0.6 is 0 Å². The van der Waals surface area contributed by atoms with Gasteiger partial charge in [0.1, 0.15) is 5.75 Å². The quantitative estimate of drug-likeness (QED) is 0.604. The van der Waals surface area contributed by atoms with E-state index in [9.17, 15) is 9.90 Å². The molecule has 0 heterocycles. The number of hydrogen-bond donors (Lipinski definition) is 1. The van der Waals surface area contributed by atoms with Gasteiger partial charge in [0.25, 0.3) is 0 Å². The molecule has 0 radical (unpaired) electrons. The summed E-state index contributed by atoms with van der Waals surface area (Å²) in [5.41, 5.74) is 2.26. The first kappa shape index (κ1) is 18.0. The van der Waals surface area contributed by atoms with E-state index in [0.717, 1.165) is 22.8 Å². The molecule has 0 saturated carbocycles. The van der Waals surface area contributed by atoms with E-state index in [2.05, 4.69) is 19.1 Å². The van der Waals surface area contributed by atoms with E-state index >= 15 is 0 Å². The van der Waals surface area contributed by atoms with Crippen molar-refractivity contribution in [3.05, 3.63) is 77.9 Å². The molecule has 0 aliphatic heterocycles. The number of aliphatic carboxylic acids is 1. The Morgan fingerprint density at radius 1 is 0.962 bits per heavy atom. The van der Waals surface area contributed by atoms with Crippen molar-refractivity contribution in [1.82, 2.24) is 0 Å². The Balaban J connectivity index is 1.71. The van der Waals surface area contributed by atoms with Crippen LogP contribution in [0.4, 0.5) is 0 Å². The minimum Gasteiger partial charge on any atom is -0.478 e. The van der Waals surface area contributed by atoms with Gasteiger partial charge in [-0.05, 0) is 46.9 Å². The second-order valence-corrected chi connectivity index (χ2v) is 6.58. The minimum atomic E-state index is -0.951. The fourth-order valence-corrected chi connectivity index (χ4v) is 3.02. The Kier molecular flexibility index (Phi) is 5.90. The zero-order chi connectivity index (χ0) is 18.4. The topological polar surface area (TPSA) is 46.5 Å². The molecule has 0 fully saturated rings. The number of carboxylic acids is 1. The lowest BCUT2D eigenvalue weighted by Gasteiger charge is -2.16. The Labute approximate surface area is 154 Å². The van der Waals surface area contributed by atoms with Crippen molar-refractivity contribution in [2.75, 3.05) is 0 Å². The maximum Gasteiger partial charge on any atom is 0.345 e. The number of rotatable bonds is 8. The largest absolute Gasteiger partial charge is 0.478 e. The molecular weight excluding hydrogens is 324 g/mol. The summed E-state index contributed by atoms with van der Waals surface area (Å²) in [7, 11) is 0. The third-order valence-corrected chi connectivity index (χ3v) is 4.54. The highest BCUT2D eigenvalue weighted by atomic mass is 16.5. The van der Waals surface area contributed by atoms with E-state index < -0.39 is 12.1 Å². The number of unbranched alkanes of at least 4 members (excludes halogenated alkanes) is 1. The Morgan fingerprint density at radius 2 is 1.65 bits per heavy atom. The zero-order valence-corrected chi connectivity index (χ0v) is 15.0. The molecule has 0 aromatic heterocycles. The summed E-state index contributed by atoms with van der Waals surface area (Å²) in [6.07, 6.45) is 2.84. The molecule has 3 aromatic carbocycles. The van der Waals surface area contributed by atoms with Crippen LogP contribution in [0.25, 0.3) is 10.8 Å². The standard InChI is InChI=1S/C23H24O3/c1-2-3-6-17-9-11-18(12-10-17)15-22(23(24)25)26-21-14-13-19-7-4-5-8-20(19)16-21/h4-5,7-14,16,22H,2-3,6,15H2,1H3,(H,24,25)/t22-/m0/s1.